The van der Waals surface area contributed by atoms with Crippen molar-refractivity contribution in [2.75, 3.05) is 18.2 Å². The molecule has 0 atom stereocenters. The number of rotatable bonds is 10. The largest absolute Gasteiger partial charge is 0.497 e. The van der Waals surface area contributed by atoms with E-state index in [1.807, 2.05) is 23.6 Å². The lowest BCUT2D eigenvalue weighted by Crippen LogP contribution is -2.15. The predicted molar refractivity (Wildman–Crippen MR) is 123 cm³/mol. The van der Waals surface area contributed by atoms with Gasteiger partial charge in [-0.2, -0.15) is 0 Å². The predicted octanol–water partition coefficient (Wildman–Crippen LogP) is 4.74. The number of aryl methyl sites for hydroxylation is 1. The molecule has 0 aliphatic heterocycles. The number of nitrogens with one attached hydrogen (secondary N) is 1. The first-order chi connectivity index (χ1) is 15.0. The Morgan fingerprint density at radius 1 is 1.26 bits per heavy atom. The third-order valence-corrected chi connectivity index (χ3v) is 5.51. The van der Waals surface area contributed by atoms with Crippen molar-refractivity contribution in [1.29, 1.82) is 0 Å². The number of halogens is 1. The van der Waals surface area contributed by atoms with Crippen LogP contribution in [0.15, 0.2) is 60.3 Å². The number of nitrogens with zero attached hydrogens (tertiary/aromatic N) is 3. The highest BCUT2D eigenvalue weighted by atomic mass is 35.5. The van der Waals surface area contributed by atoms with Crippen molar-refractivity contribution in [2.24, 2.45) is 0 Å². The van der Waals surface area contributed by atoms with Gasteiger partial charge in [0.05, 0.1) is 12.9 Å². The number of amides is 1. The average molecular weight is 459 g/mol. The van der Waals surface area contributed by atoms with E-state index in [-0.39, 0.29) is 18.3 Å². The highest BCUT2D eigenvalue weighted by Gasteiger charge is 2.15. The summed E-state index contributed by atoms with van der Waals surface area (Å²) in [4.78, 5) is 12.3. The van der Waals surface area contributed by atoms with Crippen LogP contribution >= 0.6 is 23.4 Å². The van der Waals surface area contributed by atoms with Gasteiger partial charge >= 0.3 is 0 Å². The summed E-state index contributed by atoms with van der Waals surface area (Å²) in [6.45, 7) is 6.47. The fraction of sp³-hybridized carbons (Fsp3) is 0.227. The first-order valence-corrected chi connectivity index (χ1v) is 10.8. The molecule has 2 aromatic carbocycles. The highest BCUT2D eigenvalue weighted by molar-refractivity contribution is 7.99. The minimum absolute atomic E-state index is 0.141. The number of carbonyl (C=O) groups excluding carboxylic acids is 1. The van der Waals surface area contributed by atoms with E-state index >= 15 is 0 Å². The highest BCUT2D eigenvalue weighted by Crippen LogP contribution is 2.24. The Balaban J connectivity index is 1.61. The van der Waals surface area contributed by atoms with Crippen LogP contribution in [0.1, 0.15) is 11.4 Å². The number of hydrogen-bond acceptors (Lipinski definition) is 6. The Hall–Kier alpha value is -2.97. The van der Waals surface area contributed by atoms with Gasteiger partial charge in [-0.25, -0.2) is 0 Å². The van der Waals surface area contributed by atoms with Crippen molar-refractivity contribution < 1.29 is 14.3 Å². The second kappa shape index (κ2) is 10.9. The van der Waals surface area contributed by atoms with Crippen molar-refractivity contribution in [3.8, 4) is 11.5 Å². The maximum Gasteiger partial charge on any atom is 0.234 e. The molecule has 0 spiro atoms. The molecule has 3 aromatic rings. The average Bonchev–Trinajstić information content (AvgIpc) is 3.14. The first-order valence-electron chi connectivity index (χ1n) is 9.48. The summed E-state index contributed by atoms with van der Waals surface area (Å²) >= 11 is 7.30. The number of aromatic nitrogens is 3. The van der Waals surface area contributed by atoms with Gasteiger partial charge in [0.2, 0.25) is 5.91 Å². The van der Waals surface area contributed by atoms with Crippen molar-refractivity contribution in [3.63, 3.8) is 0 Å². The van der Waals surface area contributed by atoms with E-state index in [9.17, 15) is 4.79 Å². The molecule has 0 bridgehead atoms. The summed E-state index contributed by atoms with van der Waals surface area (Å²) in [7, 11) is 1.60. The molecule has 162 valence electrons. The lowest BCUT2D eigenvalue weighted by atomic mass is 10.2. The van der Waals surface area contributed by atoms with Gasteiger partial charge in [0.15, 0.2) is 11.0 Å². The second-order valence-electron chi connectivity index (χ2n) is 6.56. The van der Waals surface area contributed by atoms with Crippen molar-refractivity contribution in [1.82, 2.24) is 14.8 Å². The fourth-order valence-corrected chi connectivity index (χ4v) is 3.76. The first kappa shape index (κ1) is 22.7. The topological polar surface area (TPSA) is 78.3 Å². The van der Waals surface area contributed by atoms with Crippen LogP contribution in [0.25, 0.3) is 0 Å². The van der Waals surface area contributed by atoms with Crippen LogP contribution in [0.2, 0.25) is 5.02 Å². The molecule has 0 saturated heterocycles. The molecule has 31 heavy (non-hydrogen) atoms. The van der Waals surface area contributed by atoms with Crippen molar-refractivity contribution in [3.05, 3.63) is 71.5 Å². The van der Waals surface area contributed by atoms with Crippen LogP contribution in [0.4, 0.5) is 5.69 Å². The van der Waals surface area contributed by atoms with E-state index < -0.39 is 0 Å². The van der Waals surface area contributed by atoms with Gasteiger partial charge < -0.3 is 14.8 Å². The number of carbonyl (C=O) groups is 1. The van der Waals surface area contributed by atoms with E-state index in [1.165, 1.54) is 11.8 Å². The maximum atomic E-state index is 12.3. The van der Waals surface area contributed by atoms with Gasteiger partial charge in [-0.15, -0.1) is 16.8 Å². The number of hydrogen-bond donors (Lipinski definition) is 1. The minimum Gasteiger partial charge on any atom is -0.497 e. The van der Waals surface area contributed by atoms with Crippen LogP contribution < -0.4 is 14.8 Å². The molecule has 0 unspecified atom stereocenters. The zero-order valence-electron chi connectivity index (χ0n) is 17.3. The van der Waals surface area contributed by atoms with Gasteiger partial charge in [-0.3, -0.25) is 9.36 Å². The Bertz CT molecular complexity index is 1050. The summed E-state index contributed by atoms with van der Waals surface area (Å²) in [6.07, 6.45) is 1.75. The zero-order valence-corrected chi connectivity index (χ0v) is 18.9. The lowest BCUT2D eigenvalue weighted by molar-refractivity contribution is -0.113. The van der Waals surface area contributed by atoms with E-state index in [0.29, 0.717) is 28.2 Å². The molecule has 0 saturated carbocycles. The number of anilines is 1. The van der Waals surface area contributed by atoms with Gasteiger partial charge in [0.25, 0.3) is 0 Å². The Morgan fingerprint density at radius 3 is 2.71 bits per heavy atom. The number of thioether (sulfide) groups is 1. The van der Waals surface area contributed by atoms with Crippen LogP contribution in [0.3, 0.4) is 0 Å². The molecular formula is C22H23ClN4O3S. The molecule has 0 aliphatic rings. The summed E-state index contributed by atoms with van der Waals surface area (Å²) in [5.41, 5.74) is 1.64. The number of benzene rings is 2. The molecular weight excluding hydrogens is 436 g/mol. The minimum atomic E-state index is -0.141. The monoisotopic (exact) mass is 458 g/mol. The van der Waals surface area contributed by atoms with E-state index in [4.69, 9.17) is 21.1 Å². The molecule has 3 rings (SSSR count). The molecule has 0 aliphatic carbocycles. The normalized spacial score (nSPS) is 10.5. The molecule has 1 heterocycles. The summed E-state index contributed by atoms with van der Waals surface area (Å²) in [6, 6.07) is 12.6. The second-order valence-corrected chi connectivity index (χ2v) is 7.94. The van der Waals surface area contributed by atoms with Gasteiger partial charge in [-0.1, -0.05) is 29.4 Å². The molecule has 7 nitrogen and oxygen atoms in total. The fourth-order valence-electron chi connectivity index (χ4n) is 2.76. The molecule has 0 fully saturated rings. The zero-order chi connectivity index (χ0) is 22.2. The quantitative estimate of drug-likeness (QED) is 0.349. The van der Waals surface area contributed by atoms with Crippen LogP contribution in [0, 0.1) is 6.92 Å². The lowest BCUT2D eigenvalue weighted by Gasteiger charge is -2.11. The molecule has 1 aromatic heterocycles. The Kier molecular flexibility index (Phi) is 7.97. The summed E-state index contributed by atoms with van der Waals surface area (Å²) in [5, 5.41) is 12.6. The molecule has 1 N–H and O–H groups in total. The third-order valence-electron chi connectivity index (χ3n) is 4.31. The summed E-state index contributed by atoms with van der Waals surface area (Å²) < 4.78 is 12.9. The molecule has 1 amide bonds. The van der Waals surface area contributed by atoms with Gasteiger partial charge in [0.1, 0.15) is 18.1 Å². The van der Waals surface area contributed by atoms with Crippen LogP contribution in [-0.4, -0.2) is 33.5 Å². The number of allylic oxidation sites excluding steroid dienone is 1. The number of methoxy groups -OCH3 is 1. The molecule has 9 heteroatoms. The van der Waals surface area contributed by atoms with E-state index in [1.54, 1.807) is 43.5 Å². The SMILES string of the molecule is C=CCn1c(COc2ccc(Cl)cc2C)nnc1SCC(=O)Nc1ccc(OC)cc1. The van der Waals surface area contributed by atoms with Crippen LogP contribution in [0.5, 0.6) is 11.5 Å². The Labute approximate surface area is 190 Å². The van der Waals surface area contributed by atoms with Gasteiger partial charge in [0, 0.05) is 17.3 Å². The van der Waals surface area contributed by atoms with Gasteiger partial charge in [-0.05, 0) is 55.0 Å². The van der Waals surface area contributed by atoms with Crippen molar-refractivity contribution in [2.45, 2.75) is 25.2 Å². The summed E-state index contributed by atoms with van der Waals surface area (Å²) in [5.74, 6) is 2.16. The van der Waals surface area contributed by atoms with Crippen molar-refractivity contribution >= 4 is 35.0 Å². The molecule has 0 radical (unpaired) electrons. The maximum absolute atomic E-state index is 12.3. The smallest absolute Gasteiger partial charge is 0.234 e. The standard InChI is InChI=1S/C22H23ClN4O3S/c1-4-11-27-20(13-30-19-10-5-16(23)12-15(19)2)25-26-22(27)31-14-21(28)24-17-6-8-18(29-3)9-7-17/h4-10,12H,1,11,13-14H2,2-3H3,(H,24,28). The van der Waals surface area contributed by atoms with Crippen LogP contribution in [-0.2, 0) is 17.9 Å². The number of ether oxygens (including phenoxy) is 2. The third kappa shape index (κ3) is 6.26. The van der Waals surface area contributed by atoms with E-state index in [2.05, 4.69) is 22.1 Å². The Morgan fingerprint density at radius 2 is 2.03 bits per heavy atom. The van der Waals surface area contributed by atoms with E-state index in [0.717, 1.165) is 17.1 Å².